The lowest BCUT2D eigenvalue weighted by molar-refractivity contribution is -0.173. The van der Waals surface area contributed by atoms with Crippen molar-refractivity contribution < 1.29 is 32.2 Å². The number of pyridine rings is 1. The van der Waals surface area contributed by atoms with Crippen molar-refractivity contribution in [1.29, 1.82) is 0 Å². The molecule has 0 radical (unpaired) electrons. The van der Waals surface area contributed by atoms with Gasteiger partial charge in [-0.1, -0.05) is 23.7 Å². The quantitative estimate of drug-likeness (QED) is 0.335. The van der Waals surface area contributed by atoms with Gasteiger partial charge in [-0.25, -0.2) is 4.79 Å². The molecular weight excluding hydrogens is 501 g/mol. The van der Waals surface area contributed by atoms with Gasteiger partial charge in [0.2, 0.25) is 0 Å². The Hall–Kier alpha value is -3.99. The van der Waals surface area contributed by atoms with Crippen LogP contribution in [0, 0.1) is 6.92 Å². The van der Waals surface area contributed by atoms with Gasteiger partial charge in [-0.3, -0.25) is 9.78 Å². The van der Waals surface area contributed by atoms with Crippen molar-refractivity contribution >= 4 is 29.2 Å². The number of rotatable bonds is 9. The number of alkyl halides is 3. The Labute approximate surface area is 209 Å². The minimum absolute atomic E-state index is 0.139. The van der Waals surface area contributed by atoms with Crippen molar-refractivity contribution in [2.75, 3.05) is 18.5 Å². The molecule has 3 rings (SSSR count). The minimum atomic E-state index is -4.98. The van der Waals surface area contributed by atoms with Gasteiger partial charge in [-0.15, -0.1) is 0 Å². The third kappa shape index (κ3) is 8.05. The molecule has 190 valence electrons. The summed E-state index contributed by atoms with van der Waals surface area (Å²) < 4.78 is 48.0. The van der Waals surface area contributed by atoms with Crippen LogP contribution in [0.1, 0.15) is 11.1 Å². The number of aromatic nitrogens is 1. The number of anilines is 1. The molecule has 0 aliphatic heterocycles. The van der Waals surface area contributed by atoms with E-state index >= 15 is 0 Å². The molecule has 12 heteroatoms. The third-order valence-corrected chi connectivity index (χ3v) is 5.08. The molecule has 3 N–H and O–H groups in total. The zero-order valence-electron chi connectivity index (χ0n) is 19.0. The van der Waals surface area contributed by atoms with E-state index in [1.54, 1.807) is 67.1 Å². The summed E-state index contributed by atoms with van der Waals surface area (Å²) in [6.45, 7) is 1.27. The highest BCUT2D eigenvalue weighted by molar-refractivity contribution is 6.31. The van der Waals surface area contributed by atoms with Gasteiger partial charge < -0.3 is 25.4 Å². The van der Waals surface area contributed by atoms with Crippen molar-refractivity contribution in [3.63, 3.8) is 0 Å². The monoisotopic (exact) mass is 522 g/mol. The van der Waals surface area contributed by atoms with Crippen LogP contribution in [-0.4, -0.2) is 36.3 Å². The predicted molar refractivity (Wildman–Crippen MR) is 127 cm³/mol. The number of aryl methyl sites for hydroxylation is 1. The van der Waals surface area contributed by atoms with E-state index in [0.29, 0.717) is 22.1 Å². The molecule has 8 nitrogen and oxygen atoms in total. The lowest BCUT2D eigenvalue weighted by atomic mass is 10.2. The van der Waals surface area contributed by atoms with Gasteiger partial charge >= 0.3 is 18.1 Å². The number of hydrogen-bond acceptors (Lipinski definition) is 5. The smallest absolute Gasteiger partial charge is 0.471 e. The second-order valence-corrected chi connectivity index (χ2v) is 7.84. The molecule has 3 amide bonds. The Kier molecular flexibility index (Phi) is 8.96. The highest BCUT2D eigenvalue weighted by Crippen LogP contribution is 2.31. The Balaban J connectivity index is 1.53. The molecule has 3 aromatic rings. The second kappa shape index (κ2) is 12.1. The molecule has 1 aromatic heterocycles. The molecule has 2 aromatic carbocycles. The fourth-order valence-electron chi connectivity index (χ4n) is 2.87. The van der Waals surface area contributed by atoms with Crippen molar-refractivity contribution in [2.45, 2.75) is 19.6 Å². The van der Waals surface area contributed by atoms with Crippen molar-refractivity contribution in [2.24, 2.45) is 0 Å². The van der Waals surface area contributed by atoms with E-state index in [4.69, 9.17) is 21.1 Å². The fraction of sp³-hybridized carbons (Fsp3) is 0.208. The Morgan fingerprint density at radius 2 is 1.67 bits per heavy atom. The van der Waals surface area contributed by atoms with Gasteiger partial charge in [-0.2, -0.15) is 13.2 Å². The van der Waals surface area contributed by atoms with Gasteiger partial charge in [-0.05, 0) is 48.4 Å². The van der Waals surface area contributed by atoms with Crippen LogP contribution in [0.15, 0.2) is 60.9 Å². The molecule has 0 saturated heterocycles. The van der Waals surface area contributed by atoms with Crippen LogP contribution in [0.3, 0.4) is 0 Å². The summed E-state index contributed by atoms with van der Waals surface area (Å²) in [7, 11) is 0. The SMILES string of the molecule is Cc1cc(NC(=O)NCc2ccc(Oc3ccncc3)cc2)c(OCCNC(=O)C(F)(F)F)cc1Cl. The van der Waals surface area contributed by atoms with Crippen molar-refractivity contribution in [1.82, 2.24) is 15.6 Å². The zero-order chi connectivity index (χ0) is 26.1. The van der Waals surface area contributed by atoms with E-state index in [1.807, 2.05) is 0 Å². The highest BCUT2D eigenvalue weighted by atomic mass is 35.5. The maximum atomic E-state index is 12.4. The number of benzene rings is 2. The zero-order valence-corrected chi connectivity index (χ0v) is 19.7. The molecule has 0 unspecified atom stereocenters. The summed E-state index contributed by atoms with van der Waals surface area (Å²) in [5, 5.41) is 7.38. The molecule has 0 bridgehead atoms. The third-order valence-electron chi connectivity index (χ3n) is 4.67. The number of nitrogens with zero attached hydrogens (tertiary/aromatic N) is 1. The van der Waals surface area contributed by atoms with Crippen LogP contribution in [0.4, 0.5) is 23.7 Å². The first kappa shape index (κ1) is 26.6. The van der Waals surface area contributed by atoms with E-state index in [9.17, 15) is 22.8 Å². The molecule has 0 aliphatic carbocycles. The number of nitrogens with one attached hydrogen (secondary N) is 3. The number of halogens is 4. The van der Waals surface area contributed by atoms with Crippen molar-refractivity contribution in [3.8, 4) is 17.2 Å². The maximum absolute atomic E-state index is 12.4. The fourth-order valence-corrected chi connectivity index (χ4v) is 3.03. The molecule has 1 heterocycles. The van der Waals surface area contributed by atoms with Crippen LogP contribution in [0.5, 0.6) is 17.2 Å². The first-order valence-electron chi connectivity index (χ1n) is 10.6. The molecule has 0 aliphatic rings. The van der Waals surface area contributed by atoms with Crippen LogP contribution in [0.25, 0.3) is 0 Å². The number of urea groups is 1. The molecule has 0 fully saturated rings. The molecule has 0 spiro atoms. The molecular formula is C24H22ClF3N4O4. The standard InChI is InChI=1S/C24H22ClF3N4O4/c1-15-12-20(21(13-19(15)25)35-11-10-30-22(33)24(26,27)28)32-23(34)31-14-16-2-4-17(5-3-16)36-18-6-8-29-9-7-18/h2-9,12-13H,10-11,14H2,1H3,(H,30,33)(H2,31,32,34). The van der Waals surface area contributed by atoms with E-state index in [2.05, 4.69) is 15.6 Å². The number of carbonyl (C=O) groups is 2. The van der Waals surface area contributed by atoms with Gasteiger partial charge in [0.15, 0.2) is 0 Å². The molecule has 36 heavy (non-hydrogen) atoms. The highest BCUT2D eigenvalue weighted by Gasteiger charge is 2.38. The Morgan fingerprint density at radius 1 is 1.00 bits per heavy atom. The predicted octanol–water partition coefficient (Wildman–Crippen LogP) is 5.21. The molecule has 0 saturated carbocycles. The average Bonchev–Trinajstić information content (AvgIpc) is 2.84. The van der Waals surface area contributed by atoms with E-state index in [0.717, 1.165) is 5.56 Å². The number of amides is 3. The number of carbonyl (C=O) groups excluding carboxylic acids is 2. The lowest BCUT2D eigenvalue weighted by Gasteiger charge is -2.15. The Bertz CT molecular complexity index is 1190. The Morgan fingerprint density at radius 3 is 2.33 bits per heavy atom. The minimum Gasteiger partial charge on any atom is -0.490 e. The van der Waals surface area contributed by atoms with Crippen LogP contribution in [-0.2, 0) is 11.3 Å². The van der Waals surface area contributed by atoms with Gasteiger partial charge in [0.1, 0.15) is 23.9 Å². The van der Waals surface area contributed by atoms with Crippen LogP contribution >= 0.6 is 11.6 Å². The first-order valence-corrected chi connectivity index (χ1v) is 11.0. The van der Waals surface area contributed by atoms with Crippen molar-refractivity contribution in [3.05, 3.63) is 77.1 Å². The maximum Gasteiger partial charge on any atom is 0.471 e. The summed E-state index contributed by atoms with van der Waals surface area (Å²) in [6, 6.07) is 13.0. The van der Waals surface area contributed by atoms with Crippen LogP contribution < -0.4 is 25.4 Å². The van der Waals surface area contributed by atoms with Crippen LogP contribution in [0.2, 0.25) is 5.02 Å². The molecule has 0 atom stereocenters. The summed E-state index contributed by atoms with van der Waals surface area (Å²) in [5.41, 5.74) is 1.73. The van der Waals surface area contributed by atoms with Gasteiger partial charge in [0, 0.05) is 30.0 Å². The van der Waals surface area contributed by atoms with E-state index in [-0.39, 0.29) is 24.6 Å². The van der Waals surface area contributed by atoms with E-state index in [1.165, 1.54) is 6.07 Å². The summed E-state index contributed by atoms with van der Waals surface area (Å²) in [5.74, 6) is -0.657. The topological polar surface area (TPSA) is 102 Å². The van der Waals surface area contributed by atoms with E-state index < -0.39 is 24.7 Å². The second-order valence-electron chi connectivity index (χ2n) is 7.44. The number of ether oxygens (including phenoxy) is 2. The summed E-state index contributed by atoms with van der Waals surface area (Å²) in [6.07, 6.45) is -1.74. The number of hydrogen-bond donors (Lipinski definition) is 3. The summed E-state index contributed by atoms with van der Waals surface area (Å²) in [4.78, 5) is 27.3. The average molecular weight is 523 g/mol. The first-order chi connectivity index (χ1) is 17.1. The lowest BCUT2D eigenvalue weighted by Crippen LogP contribution is -2.38. The largest absolute Gasteiger partial charge is 0.490 e. The normalized spacial score (nSPS) is 10.9. The summed E-state index contributed by atoms with van der Waals surface area (Å²) >= 11 is 6.11. The van der Waals surface area contributed by atoms with Gasteiger partial charge in [0.05, 0.1) is 12.2 Å². The van der Waals surface area contributed by atoms with Gasteiger partial charge in [0.25, 0.3) is 0 Å².